The van der Waals surface area contributed by atoms with Gasteiger partial charge in [-0.15, -0.1) is 0 Å². The largest absolute Gasteiger partial charge is 0.481 e. The van der Waals surface area contributed by atoms with Gasteiger partial charge in [-0.05, 0) is 18.9 Å². The number of aromatic nitrogens is 2. The number of hydrogen-bond acceptors (Lipinski definition) is 2. The standard InChI is InChI=1S/C10H14N2O2/c1-2-5-12-9(3-4-11-12)7-6-8(7)10(13)14/h3-4,7-8H,2,5-6H2,1H3,(H,13,14). The fourth-order valence-corrected chi connectivity index (χ4v) is 1.85. The van der Waals surface area contributed by atoms with Gasteiger partial charge in [0.1, 0.15) is 0 Å². The summed E-state index contributed by atoms with van der Waals surface area (Å²) in [6.07, 6.45) is 3.55. The van der Waals surface area contributed by atoms with Crippen molar-refractivity contribution in [3.63, 3.8) is 0 Å². The molecule has 0 spiro atoms. The van der Waals surface area contributed by atoms with Crippen LogP contribution in [0.1, 0.15) is 31.4 Å². The first-order valence-corrected chi connectivity index (χ1v) is 4.98. The highest BCUT2D eigenvalue weighted by Crippen LogP contribution is 2.47. The molecule has 1 saturated carbocycles. The molecule has 0 radical (unpaired) electrons. The van der Waals surface area contributed by atoms with Crippen LogP contribution >= 0.6 is 0 Å². The van der Waals surface area contributed by atoms with E-state index in [0.717, 1.165) is 25.1 Å². The van der Waals surface area contributed by atoms with Crippen LogP contribution in [-0.2, 0) is 11.3 Å². The summed E-state index contributed by atoms with van der Waals surface area (Å²) in [5, 5.41) is 13.0. The molecule has 0 aliphatic heterocycles. The van der Waals surface area contributed by atoms with E-state index in [2.05, 4.69) is 12.0 Å². The third kappa shape index (κ3) is 1.52. The van der Waals surface area contributed by atoms with E-state index in [1.807, 2.05) is 10.7 Å². The molecule has 1 aromatic rings. The zero-order valence-electron chi connectivity index (χ0n) is 8.18. The second-order valence-electron chi connectivity index (χ2n) is 3.77. The van der Waals surface area contributed by atoms with Crippen LogP contribution in [-0.4, -0.2) is 20.9 Å². The molecule has 0 aromatic carbocycles. The van der Waals surface area contributed by atoms with Crippen LogP contribution in [0.15, 0.2) is 12.3 Å². The normalized spacial score (nSPS) is 24.9. The van der Waals surface area contributed by atoms with E-state index < -0.39 is 5.97 Å². The zero-order valence-corrected chi connectivity index (χ0v) is 8.18. The van der Waals surface area contributed by atoms with Gasteiger partial charge in [0.25, 0.3) is 0 Å². The lowest BCUT2D eigenvalue weighted by molar-refractivity contribution is -0.138. The Bertz CT molecular complexity index is 346. The van der Waals surface area contributed by atoms with Crippen molar-refractivity contribution in [1.82, 2.24) is 9.78 Å². The molecule has 0 amide bonds. The summed E-state index contributed by atoms with van der Waals surface area (Å²) >= 11 is 0. The molecule has 4 nitrogen and oxygen atoms in total. The van der Waals surface area contributed by atoms with Crippen molar-refractivity contribution in [1.29, 1.82) is 0 Å². The van der Waals surface area contributed by atoms with Gasteiger partial charge in [-0.3, -0.25) is 9.48 Å². The van der Waals surface area contributed by atoms with Crippen molar-refractivity contribution in [2.45, 2.75) is 32.2 Å². The molecule has 1 heterocycles. The Morgan fingerprint density at radius 1 is 1.79 bits per heavy atom. The molecule has 14 heavy (non-hydrogen) atoms. The van der Waals surface area contributed by atoms with E-state index >= 15 is 0 Å². The van der Waals surface area contributed by atoms with Crippen molar-refractivity contribution in [3.05, 3.63) is 18.0 Å². The van der Waals surface area contributed by atoms with Crippen LogP contribution in [0, 0.1) is 5.92 Å². The number of carboxylic acids is 1. The minimum absolute atomic E-state index is 0.178. The van der Waals surface area contributed by atoms with Gasteiger partial charge in [-0.1, -0.05) is 6.92 Å². The second-order valence-corrected chi connectivity index (χ2v) is 3.77. The number of aliphatic carboxylic acids is 1. The smallest absolute Gasteiger partial charge is 0.307 e. The topological polar surface area (TPSA) is 55.1 Å². The van der Waals surface area contributed by atoms with Gasteiger partial charge >= 0.3 is 5.97 Å². The molecular formula is C10H14N2O2. The maximum absolute atomic E-state index is 10.7. The van der Waals surface area contributed by atoms with Gasteiger partial charge in [0.05, 0.1) is 5.92 Å². The summed E-state index contributed by atoms with van der Waals surface area (Å²) in [5.41, 5.74) is 1.08. The first-order valence-electron chi connectivity index (χ1n) is 4.98. The van der Waals surface area contributed by atoms with Gasteiger partial charge in [0.15, 0.2) is 0 Å². The number of carboxylic acid groups (broad SMARTS) is 1. The molecule has 1 fully saturated rings. The van der Waals surface area contributed by atoms with Gasteiger partial charge in [0, 0.05) is 24.4 Å². The minimum atomic E-state index is -0.681. The molecule has 76 valence electrons. The quantitative estimate of drug-likeness (QED) is 0.789. The summed E-state index contributed by atoms with van der Waals surface area (Å²) in [6, 6.07) is 1.93. The molecule has 1 aromatic heterocycles. The van der Waals surface area contributed by atoms with Crippen LogP contribution in [0.3, 0.4) is 0 Å². The van der Waals surface area contributed by atoms with Gasteiger partial charge in [-0.25, -0.2) is 0 Å². The van der Waals surface area contributed by atoms with Crippen LogP contribution in [0.4, 0.5) is 0 Å². The predicted molar refractivity (Wildman–Crippen MR) is 51.0 cm³/mol. The molecule has 1 N–H and O–H groups in total. The fraction of sp³-hybridized carbons (Fsp3) is 0.600. The molecular weight excluding hydrogens is 180 g/mol. The SMILES string of the molecule is CCCn1nccc1C1CC1C(=O)O. The highest BCUT2D eigenvalue weighted by molar-refractivity contribution is 5.75. The molecule has 0 saturated heterocycles. The summed E-state index contributed by atoms with van der Waals surface area (Å²) in [6.45, 7) is 2.97. The Morgan fingerprint density at radius 3 is 3.14 bits per heavy atom. The lowest BCUT2D eigenvalue weighted by atomic mass is 10.2. The van der Waals surface area contributed by atoms with E-state index in [1.165, 1.54) is 0 Å². The fourth-order valence-electron chi connectivity index (χ4n) is 1.85. The third-order valence-corrected chi connectivity index (χ3v) is 2.67. The van der Waals surface area contributed by atoms with Crippen LogP contribution in [0.5, 0.6) is 0 Å². The molecule has 2 atom stereocenters. The first kappa shape index (κ1) is 9.24. The van der Waals surface area contributed by atoms with Crippen LogP contribution in [0.2, 0.25) is 0 Å². The van der Waals surface area contributed by atoms with E-state index in [-0.39, 0.29) is 11.8 Å². The summed E-state index contributed by atoms with van der Waals surface area (Å²) in [4.78, 5) is 10.7. The number of nitrogens with zero attached hydrogens (tertiary/aromatic N) is 2. The van der Waals surface area contributed by atoms with Crippen molar-refractivity contribution in [2.75, 3.05) is 0 Å². The van der Waals surface area contributed by atoms with Gasteiger partial charge < -0.3 is 5.11 Å². The maximum Gasteiger partial charge on any atom is 0.307 e. The second kappa shape index (κ2) is 3.44. The Labute approximate surface area is 82.5 Å². The Kier molecular flexibility index (Phi) is 2.27. The predicted octanol–water partition coefficient (Wildman–Crippen LogP) is 1.48. The van der Waals surface area contributed by atoms with Crippen LogP contribution < -0.4 is 0 Å². The number of rotatable bonds is 4. The third-order valence-electron chi connectivity index (χ3n) is 2.67. The lowest BCUT2D eigenvalue weighted by Gasteiger charge is -2.04. The first-order chi connectivity index (χ1) is 6.74. The van der Waals surface area contributed by atoms with E-state index in [1.54, 1.807) is 6.20 Å². The van der Waals surface area contributed by atoms with E-state index in [9.17, 15) is 4.79 Å². The molecule has 1 aliphatic carbocycles. The average molecular weight is 194 g/mol. The minimum Gasteiger partial charge on any atom is -0.481 e. The highest BCUT2D eigenvalue weighted by atomic mass is 16.4. The number of aryl methyl sites for hydroxylation is 1. The summed E-state index contributed by atoms with van der Waals surface area (Å²) in [5.74, 6) is -0.664. The number of hydrogen-bond donors (Lipinski definition) is 1. The lowest BCUT2D eigenvalue weighted by Crippen LogP contribution is -2.06. The maximum atomic E-state index is 10.7. The monoisotopic (exact) mass is 194 g/mol. The van der Waals surface area contributed by atoms with Crippen molar-refractivity contribution in [2.24, 2.45) is 5.92 Å². The Balaban J connectivity index is 2.10. The van der Waals surface area contributed by atoms with E-state index in [4.69, 9.17) is 5.11 Å². The van der Waals surface area contributed by atoms with Crippen molar-refractivity contribution >= 4 is 5.97 Å². The molecule has 2 rings (SSSR count). The number of carbonyl (C=O) groups is 1. The van der Waals surface area contributed by atoms with Gasteiger partial charge in [-0.2, -0.15) is 5.10 Å². The molecule has 4 heteroatoms. The zero-order chi connectivity index (χ0) is 10.1. The average Bonchev–Trinajstić information content (AvgIpc) is 2.82. The van der Waals surface area contributed by atoms with Crippen molar-refractivity contribution in [3.8, 4) is 0 Å². The van der Waals surface area contributed by atoms with Gasteiger partial charge in [0.2, 0.25) is 0 Å². The van der Waals surface area contributed by atoms with E-state index in [0.29, 0.717) is 0 Å². The van der Waals surface area contributed by atoms with Crippen molar-refractivity contribution < 1.29 is 9.90 Å². The Hall–Kier alpha value is -1.32. The highest BCUT2D eigenvalue weighted by Gasteiger charge is 2.45. The van der Waals surface area contributed by atoms with Crippen LogP contribution in [0.25, 0.3) is 0 Å². The summed E-state index contributed by atoms with van der Waals surface area (Å²) in [7, 11) is 0. The Morgan fingerprint density at radius 2 is 2.57 bits per heavy atom. The molecule has 0 bridgehead atoms. The molecule has 2 unspecified atom stereocenters. The summed E-state index contributed by atoms with van der Waals surface area (Å²) < 4.78 is 1.92. The molecule has 1 aliphatic rings.